The van der Waals surface area contributed by atoms with Gasteiger partial charge in [-0.05, 0) is 35.1 Å². The van der Waals surface area contributed by atoms with Crippen LogP contribution in [0.25, 0.3) is 0 Å². The van der Waals surface area contributed by atoms with E-state index in [-0.39, 0.29) is 6.04 Å². The SMILES string of the molecule is CC(C)Cc1ccc(C(N)c2cccnc2)cc1. The molecule has 0 fully saturated rings. The highest BCUT2D eigenvalue weighted by molar-refractivity contribution is 5.31. The van der Waals surface area contributed by atoms with Crippen molar-refractivity contribution in [2.75, 3.05) is 0 Å². The molecule has 0 saturated carbocycles. The van der Waals surface area contributed by atoms with Gasteiger partial charge in [-0.15, -0.1) is 0 Å². The van der Waals surface area contributed by atoms with Crippen LogP contribution in [0.15, 0.2) is 48.8 Å². The molecule has 2 aromatic rings. The first-order valence-electron chi connectivity index (χ1n) is 6.41. The fourth-order valence-corrected chi connectivity index (χ4v) is 2.08. The summed E-state index contributed by atoms with van der Waals surface area (Å²) >= 11 is 0. The molecule has 0 spiro atoms. The molecule has 1 aromatic carbocycles. The highest BCUT2D eigenvalue weighted by atomic mass is 14.7. The summed E-state index contributed by atoms with van der Waals surface area (Å²) < 4.78 is 0. The van der Waals surface area contributed by atoms with Crippen LogP contribution < -0.4 is 5.73 Å². The number of hydrogen-bond donors (Lipinski definition) is 1. The number of aromatic nitrogens is 1. The summed E-state index contributed by atoms with van der Waals surface area (Å²) in [6, 6.07) is 12.4. The van der Waals surface area contributed by atoms with Crippen molar-refractivity contribution >= 4 is 0 Å². The van der Waals surface area contributed by atoms with Crippen molar-refractivity contribution in [2.45, 2.75) is 26.3 Å². The molecule has 2 heteroatoms. The quantitative estimate of drug-likeness (QED) is 0.890. The predicted octanol–water partition coefficient (Wildman–Crippen LogP) is 3.33. The molecule has 1 unspecified atom stereocenters. The van der Waals surface area contributed by atoms with E-state index in [0.717, 1.165) is 17.5 Å². The zero-order chi connectivity index (χ0) is 13.0. The van der Waals surface area contributed by atoms with Gasteiger partial charge in [-0.3, -0.25) is 4.98 Å². The van der Waals surface area contributed by atoms with Crippen LogP contribution in [-0.2, 0) is 6.42 Å². The molecule has 0 aliphatic rings. The lowest BCUT2D eigenvalue weighted by atomic mass is 9.97. The van der Waals surface area contributed by atoms with E-state index >= 15 is 0 Å². The van der Waals surface area contributed by atoms with Gasteiger partial charge in [0.2, 0.25) is 0 Å². The summed E-state index contributed by atoms with van der Waals surface area (Å²) in [5.74, 6) is 0.683. The van der Waals surface area contributed by atoms with Gasteiger partial charge in [-0.2, -0.15) is 0 Å². The van der Waals surface area contributed by atoms with Crippen LogP contribution >= 0.6 is 0 Å². The summed E-state index contributed by atoms with van der Waals surface area (Å²) in [5.41, 5.74) is 9.78. The highest BCUT2D eigenvalue weighted by Gasteiger charge is 2.08. The van der Waals surface area contributed by atoms with Gasteiger partial charge in [0, 0.05) is 12.4 Å². The zero-order valence-electron chi connectivity index (χ0n) is 11.0. The minimum absolute atomic E-state index is 0.0909. The fourth-order valence-electron chi connectivity index (χ4n) is 2.08. The lowest BCUT2D eigenvalue weighted by molar-refractivity contribution is 0.647. The largest absolute Gasteiger partial charge is 0.320 e. The summed E-state index contributed by atoms with van der Waals surface area (Å²) in [7, 11) is 0. The van der Waals surface area contributed by atoms with Gasteiger partial charge >= 0.3 is 0 Å². The molecule has 18 heavy (non-hydrogen) atoms. The average molecular weight is 240 g/mol. The van der Waals surface area contributed by atoms with Gasteiger partial charge < -0.3 is 5.73 Å². The third-order valence-electron chi connectivity index (χ3n) is 3.03. The van der Waals surface area contributed by atoms with Crippen LogP contribution in [0, 0.1) is 5.92 Å². The Morgan fingerprint density at radius 2 is 1.78 bits per heavy atom. The highest BCUT2D eigenvalue weighted by Crippen LogP contribution is 2.19. The predicted molar refractivity (Wildman–Crippen MR) is 75.3 cm³/mol. The summed E-state index contributed by atoms with van der Waals surface area (Å²) in [4.78, 5) is 4.11. The first-order chi connectivity index (χ1) is 8.66. The number of pyridine rings is 1. The van der Waals surface area contributed by atoms with Crippen LogP contribution in [0.1, 0.15) is 36.6 Å². The lowest BCUT2D eigenvalue weighted by Crippen LogP contribution is -2.12. The maximum Gasteiger partial charge on any atom is 0.0566 e. The van der Waals surface area contributed by atoms with Gasteiger partial charge in [0.05, 0.1) is 6.04 Å². The second-order valence-corrected chi connectivity index (χ2v) is 5.10. The van der Waals surface area contributed by atoms with Gasteiger partial charge in [0.25, 0.3) is 0 Å². The normalized spacial score (nSPS) is 12.7. The molecular formula is C16H20N2. The molecule has 1 atom stereocenters. The summed E-state index contributed by atoms with van der Waals surface area (Å²) in [6.07, 6.45) is 4.71. The Labute approximate surface area is 109 Å². The molecule has 0 aliphatic carbocycles. The monoisotopic (exact) mass is 240 g/mol. The Morgan fingerprint density at radius 3 is 2.33 bits per heavy atom. The van der Waals surface area contributed by atoms with Crippen molar-refractivity contribution in [1.29, 1.82) is 0 Å². The number of nitrogens with two attached hydrogens (primary N) is 1. The third-order valence-corrected chi connectivity index (χ3v) is 3.03. The van der Waals surface area contributed by atoms with Crippen molar-refractivity contribution in [3.63, 3.8) is 0 Å². The minimum atomic E-state index is -0.0909. The number of nitrogens with zero attached hydrogens (tertiary/aromatic N) is 1. The van der Waals surface area contributed by atoms with E-state index in [1.54, 1.807) is 6.20 Å². The van der Waals surface area contributed by atoms with Crippen molar-refractivity contribution in [2.24, 2.45) is 11.7 Å². The molecule has 0 radical (unpaired) electrons. The molecule has 0 amide bonds. The topological polar surface area (TPSA) is 38.9 Å². The van der Waals surface area contributed by atoms with E-state index in [1.807, 2.05) is 18.3 Å². The third kappa shape index (κ3) is 3.17. The summed E-state index contributed by atoms with van der Waals surface area (Å²) in [6.45, 7) is 4.46. The van der Waals surface area contributed by atoms with E-state index in [1.165, 1.54) is 5.56 Å². The van der Waals surface area contributed by atoms with Crippen molar-refractivity contribution < 1.29 is 0 Å². The molecule has 0 saturated heterocycles. The first-order valence-corrected chi connectivity index (χ1v) is 6.41. The lowest BCUT2D eigenvalue weighted by Gasteiger charge is -2.13. The van der Waals surface area contributed by atoms with Crippen LogP contribution in [0.3, 0.4) is 0 Å². The smallest absolute Gasteiger partial charge is 0.0566 e. The molecule has 1 aromatic heterocycles. The Bertz CT molecular complexity index is 474. The van der Waals surface area contributed by atoms with Crippen molar-refractivity contribution in [1.82, 2.24) is 4.98 Å². The number of hydrogen-bond acceptors (Lipinski definition) is 2. The van der Waals surface area contributed by atoms with E-state index < -0.39 is 0 Å². The molecule has 94 valence electrons. The summed E-state index contributed by atoms with van der Waals surface area (Å²) in [5, 5.41) is 0. The molecule has 0 bridgehead atoms. The van der Waals surface area contributed by atoms with Gasteiger partial charge in [0.1, 0.15) is 0 Å². The molecule has 2 rings (SSSR count). The molecule has 1 heterocycles. The minimum Gasteiger partial charge on any atom is -0.320 e. The Hall–Kier alpha value is -1.67. The van der Waals surface area contributed by atoms with Crippen molar-refractivity contribution in [3.05, 3.63) is 65.5 Å². The maximum absolute atomic E-state index is 6.23. The second kappa shape index (κ2) is 5.78. The molecule has 0 aliphatic heterocycles. The maximum atomic E-state index is 6.23. The first kappa shape index (κ1) is 12.8. The fraction of sp³-hybridized carbons (Fsp3) is 0.312. The van der Waals surface area contributed by atoms with Crippen LogP contribution in [0.2, 0.25) is 0 Å². The van der Waals surface area contributed by atoms with Gasteiger partial charge in [0.15, 0.2) is 0 Å². The number of rotatable bonds is 4. The van der Waals surface area contributed by atoms with E-state index in [0.29, 0.717) is 5.92 Å². The Kier molecular flexibility index (Phi) is 4.11. The van der Waals surface area contributed by atoms with Crippen LogP contribution in [0.5, 0.6) is 0 Å². The molecular weight excluding hydrogens is 220 g/mol. The van der Waals surface area contributed by atoms with E-state index in [9.17, 15) is 0 Å². The zero-order valence-corrected chi connectivity index (χ0v) is 11.0. The van der Waals surface area contributed by atoms with Crippen LogP contribution in [0.4, 0.5) is 0 Å². The van der Waals surface area contributed by atoms with Gasteiger partial charge in [-0.25, -0.2) is 0 Å². The van der Waals surface area contributed by atoms with E-state index in [4.69, 9.17) is 5.73 Å². The van der Waals surface area contributed by atoms with Crippen LogP contribution in [-0.4, -0.2) is 4.98 Å². The Morgan fingerprint density at radius 1 is 1.06 bits per heavy atom. The van der Waals surface area contributed by atoms with E-state index in [2.05, 4.69) is 43.1 Å². The standard InChI is InChI=1S/C16H20N2/c1-12(2)10-13-5-7-14(8-6-13)16(17)15-4-3-9-18-11-15/h3-9,11-12,16H,10,17H2,1-2H3. The molecule has 2 N–H and O–H groups in total. The number of benzene rings is 1. The van der Waals surface area contributed by atoms with Crippen molar-refractivity contribution in [3.8, 4) is 0 Å². The second-order valence-electron chi connectivity index (χ2n) is 5.10. The average Bonchev–Trinajstić information content (AvgIpc) is 2.39. The molecule has 2 nitrogen and oxygen atoms in total. The van der Waals surface area contributed by atoms with Gasteiger partial charge in [-0.1, -0.05) is 44.2 Å². The Balaban J connectivity index is 2.14.